The molecule has 1 heterocycles. The molecule has 0 saturated heterocycles. The highest BCUT2D eigenvalue weighted by molar-refractivity contribution is 5.95. The molecule has 0 aliphatic carbocycles. The number of carbonyl (C=O) groups excluding carboxylic acids is 2. The Hall–Kier alpha value is -2.70. The van der Waals surface area contributed by atoms with Gasteiger partial charge < -0.3 is 15.2 Å². The molecule has 2 N–H and O–H groups in total. The van der Waals surface area contributed by atoms with Crippen LogP contribution in [0.5, 0.6) is 0 Å². The van der Waals surface area contributed by atoms with Crippen molar-refractivity contribution in [3.05, 3.63) is 41.5 Å². The van der Waals surface area contributed by atoms with Gasteiger partial charge in [0.15, 0.2) is 5.82 Å². The quantitative estimate of drug-likeness (QED) is 0.755. The summed E-state index contributed by atoms with van der Waals surface area (Å²) in [4.78, 5) is 28.2. The first-order valence-corrected chi connectivity index (χ1v) is 8.88. The van der Waals surface area contributed by atoms with Crippen molar-refractivity contribution in [2.45, 2.75) is 58.9 Å². The highest BCUT2D eigenvalue weighted by Gasteiger charge is 2.11. The maximum atomic E-state index is 12.0. The van der Waals surface area contributed by atoms with Crippen LogP contribution in [-0.2, 0) is 11.2 Å². The van der Waals surface area contributed by atoms with Crippen molar-refractivity contribution in [3.8, 4) is 0 Å². The number of nitrogens with zero attached hydrogens (tertiary/aromatic N) is 2. The summed E-state index contributed by atoms with van der Waals surface area (Å²) in [5, 5.41) is 9.55. The van der Waals surface area contributed by atoms with Gasteiger partial charge in [0.05, 0.1) is 0 Å². The lowest BCUT2D eigenvalue weighted by Gasteiger charge is -2.09. The standard InChI is InChI=1S/C19H26N4O3/c1-12(2)18-22-17(26-23-18)7-5-6-16(24)21-15-10-8-14(9-11-15)19(25)20-13(3)4/h8-13H,5-7H2,1-4H3,(H,20,25)(H,21,24). The van der Waals surface area contributed by atoms with Gasteiger partial charge in [-0.05, 0) is 44.5 Å². The van der Waals surface area contributed by atoms with Gasteiger partial charge in [0, 0.05) is 36.1 Å². The van der Waals surface area contributed by atoms with Crippen molar-refractivity contribution >= 4 is 17.5 Å². The fourth-order valence-electron chi connectivity index (χ4n) is 2.28. The second-order valence-corrected chi connectivity index (χ2v) is 6.81. The van der Waals surface area contributed by atoms with Crippen molar-refractivity contribution < 1.29 is 14.1 Å². The summed E-state index contributed by atoms with van der Waals surface area (Å²) in [5.74, 6) is 1.25. The highest BCUT2D eigenvalue weighted by atomic mass is 16.5. The van der Waals surface area contributed by atoms with Crippen molar-refractivity contribution in [2.75, 3.05) is 5.32 Å². The van der Waals surface area contributed by atoms with E-state index in [1.54, 1.807) is 24.3 Å². The first kappa shape index (κ1) is 19.6. The molecule has 2 rings (SSSR count). The van der Waals surface area contributed by atoms with E-state index in [-0.39, 0.29) is 23.8 Å². The molecule has 0 bridgehead atoms. The van der Waals surface area contributed by atoms with Crippen molar-refractivity contribution in [1.29, 1.82) is 0 Å². The molecule has 0 aliphatic rings. The first-order chi connectivity index (χ1) is 12.3. The zero-order chi connectivity index (χ0) is 19.1. The lowest BCUT2D eigenvalue weighted by atomic mass is 10.1. The highest BCUT2D eigenvalue weighted by Crippen LogP contribution is 2.13. The van der Waals surface area contributed by atoms with Crippen LogP contribution in [0.25, 0.3) is 0 Å². The van der Waals surface area contributed by atoms with Crippen molar-refractivity contribution in [3.63, 3.8) is 0 Å². The topological polar surface area (TPSA) is 97.1 Å². The van der Waals surface area contributed by atoms with Gasteiger partial charge in [0.1, 0.15) is 0 Å². The third kappa shape index (κ3) is 5.98. The molecule has 0 aliphatic heterocycles. The van der Waals surface area contributed by atoms with Crippen LogP contribution in [0.2, 0.25) is 0 Å². The zero-order valence-electron chi connectivity index (χ0n) is 15.7. The number of hydrogen-bond acceptors (Lipinski definition) is 5. The molecule has 0 radical (unpaired) electrons. The second-order valence-electron chi connectivity index (χ2n) is 6.81. The van der Waals surface area contributed by atoms with E-state index in [9.17, 15) is 9.59 Å². The Morgan fingerprint density at radius 2 is 1.81 bits per heavy atom. The van der Waals surface area contributed by atoms with E-state index in [4.69, 9.17) is 4.52 Å². The molecule has 1 aromatic carbocycles. The average molecular weight is 358 g/mol. The predicted molar refractivity (Wildman–Crippen MR) is 99.0 cm³/mol. The minimum Gasteiger partial charge on any atom is -0.350 e. The number of aryl methyl sites for hydroxylation is 1. The zero-order valence-corrected chi connectivity index (χ0v) is 15.7. The minimum absolute atomic E-state index is 0.0809. The Balaban J connectivity index is 1.77. The molecule has 140 valence electrons. The maximum absolute atomic E-state index is 12.0. The van der Waals surface area contributed by atoms with Gasteiger partial charge in [-0.1, -0.05) is 19.0 Å². The van der Waals surface area contributed by atoms with Crippen LogP contribution >= 0.6 is 0 Å². The fourth-order valence-corrected chi connectivity index (χ4v) is 2.28. The summed E-state index contributed by atoms with van der Waals surface area (Å²) in [6.07, 6.45) is 1.55. The van der Waals surface area contributed by atoms with Crippen LogP contribution in [0, 0.1) is 0 Å². The van der Waals surface area contributed by atoms with E-state index in [1.807, 2.05) is 27.7 Å². The van der Waals surface area contributed by atoms with E-state index < -0.39 is 0 Å². The Bertz CT molecular complexity index is 735. The molecule has 0 unspecified atom stereocenters. The van der Waals surface area contributed by atoms with E-state index >= 15 is 0 Å². The average Bonchev–Trinajstić information content (AvgIpc) is 3.04. The monoisotopic (exact) mass is 358 g/mol. The van der Waals surface area contributed by atoms with Crippen molar-refractivity contribution in [1.82, 2.24) is 15.5 Å². The van der Waals surface area contributed by atoms with Gasteiger partial charge in [-0.3, -0.25) is 9.59 Å². The molecular weight excluding hydrogens is 332 g/mol. The largest absolute Gasteiger partial charge is 0.350 e. The summed E-state index contributed by atoms with van der Waals surface area (Å²) in [6, 6.07) is 6.91. The number of nitrogens with one attached hydrogen (secondary N) is 2. The summed E-state index contributed by atoms with van der Waals surface area (Å²) >= 11 is 0. The van der Waals surface area contributed by atoms with E-state index in [2.05, 4.69) is 20.8 Å². The minimum atomic E-state index is -0.127. The van der Waals surface area contributed by atoms with Crippen LogP contribution in [-0.4, -0.2) is 28.0 Å². The Kier molecular flexibility index (Phi) is 6.89. The number of rotatable bonds is 8. The van der Waals surface area contributed by atoms with Crippen LogP contribution in [0.15, 0.2) is 28.8 Å². The summed E-state index contributed by atoms with van der Waals surface area (Å²) in [5.41, 5.74) is 1.23. The molecule has 26 heavy (non-hydrogen) atoms. The van der Waals surface area contributed by atoms with Gasteiger partial charge in [-0.2, -0.15) is 4.98 Å². The molecule has 2 amide bonds. The number of aromatic nitrogens is 2. The third-order valence-electron chi connectivity index (χ3n) is 3.65. The number of amides is 2. The molecule has 0 atom stereocenters. The van der Waals surface area contributed by atoms with Crippen LogP contribution in [0.4, 0.5) is 5.69 Å². The van der Waals surface area contributed by atoms with Gasteiger partial charge in [0.25, 0.3) is 5.91 Å². The van der Waals surface area contributed by atoms with Crippen LogP contribution in [0.3, 0.4) is 0 Å². The summed E-state index contributed by atoms with van der Waals surface area (Å²) < 4.78 is 5.16. The van der Waals surface area contributed by atoms with Gasteiger partial charge >= 0.3 is 0 Å². The van der Waals surface area contributed by atoms with E-state index in [1.165, 1.54) is 0 Å². The summed E-state index contributed by atoms with van der Waals surface area (Å²) in [6.45, 7) is 7.81. The molecule has 7 nitrogen and oxygen atoms in total. The van der Waals surface area contributed by atoms with Gasteiger partial charge in [-0.25, -0.2) is 0 Å². The first-order valence-electron chi connectivity index (χ1n) is 8.88. The molecule has 0 spiro atoms. The molecule has 7 heteroatoms. The van der Waals surface area contributed by atoms with Gasteiger partial charge in [0.2, 0.25) is 11.8 Å². The maximum Gasteiger partial charge on any atom is 0.251 e. The van der Waals surface area contributed by atoms with Crippen LogP contribution in [0.1, 0.15) is 68.5 Å². The normalized spacial score (nSPS) is 11.0. The Labute approximate surface area is 153 Å². The smallest absolute Gasteiger partial charge is 0.251 e. The van der Waals surface area contributed by atoms with Crippen LogP contribution < -0.4 is 10.6 Å². The Morgan fingerprint density at radius 1 is 1.12 bits per heavy atom. The molecule has 1 aromatic heterocycles. The number of hydrogen-bond donors (Lipinski definition) is 2. The molecule has 0 saturated carbocycles. The molecule has 0 fully saturated rings. The van der Waals surface area contributed by atoms with Gasteiger partial charge in [-0.15, -0.1) is 0 Å². The summed E-state index contributed by atoms with van der Waals surface area (Å²) in [7, 11) is 0. The predicted octanol–water partition coefficient (Wildman–Crippen LogP) is 3.29. The third-order valence-corrected chi connectivity index (χ3v) is 3.65. The number of carbonyl (C=O) groups is 2. The molecule has 2 aromatic rings. The fraction of sp³-hybridized carbons (Fsp3) is 0.474. The SMILES string of the molecule is CC(C)NC(=O)c1ccc(NC(=O)CCCc2nc(C(C)C)no2)cc1. The number of benzene rings is 1. The lowest BCUT2D eigenvalue weighted by Crippen LogP contribution is -2.30. The van der Waals surface area contributed by atoms with Crippen molar-refractivity contribution in [2.24, 2.45) is 0 Å². The number of anilines is 1. The van der Waals surface area contributed by atoms with E-state index in [0.717, 1.165) is 0 Å². The van der Waals surface area contributed by atoms with E-state index in [0.29, 0.717) is 42.2 Å². The molecular formula is C19H26N4O3. The Morgan fingerprint density at radius 3 is 2.38 bits per heavy atom. The second kappa shape index (κ2) is 9.12. The lowest BCUT2D eigenvalue weighted by molar-refractivity contribution is -0.116.